The van der Waals surface area contributed by atoms with Crippen molar-refractivity contribution in [2.45, 2.75) is 109 Å². The Balaban J connectivity index is 1.72. The van der Waals surface area contributed by atoms with E-state index in [0.717, 1.165) is 16.7 Å². The largest absolute Gasteiger partial charge is 0.463 e. The van der Waals surface area contributed by atoms with Gasteiger partial charge in [0.2, 0.25) is 0 Å². The van der Waals surface area contributed by atoms with E-state index in [-0.39, 0.29) is 11.6 Å². The Morgan fingerprint density at radius 3 is 1.73 bits per heavy atom. The normalized spacial score (nSPS) is 22.4. The molecular formula is C42H56O9Si. The van der Waals surface area contributed by atoms with Crippen LogP contribution < -0.4 is 0 Å². The van der Waals surface area contributed by atoms with Crippen LogP contribution in [0.4, 0.5) is 0 Å². The second-order valence-electron chi connectivity index (χ2n) is 14.3. The molecule has 4 rings (SSSR count). The quantitative estimate of drug-likeness (QED) is 0.0615. The molecule has 0 aliphatic carbocycles. The molecule has 0 spiro atoms. The zero-order valence-corrected chi connectivity index (χ0v) is 32.6. The zero-order valence-electron chi connectivity index (χ0n) is 31.6. The van der Waals surface area contributed by atoms with Crippen molar-refractivity contribution in [1.29, 1.82) is 0 Å². The summed E-state index contributed by atoms with van der Waals surface area (Å²) in [4.78, 5) is 12.1. The van der Waals surface area contributed by atoms with Crippen LogP contribution in [0.15, 0.2) is 115 Å². The number of ether oxygens (including phenoxy) is 6. The number of benzene rings is 3. The molecule has 0 bridgehead atoms. The van der Waals surface area contributed by atoms with Crippen molar-refractivity contribution in [3.8, 4) is 0 Å². The minimum atomic E-state index is -2.41. The minimum absolute atomic E-state index is 0.146. The van der Waals surface area contributed by atoms with Crippen molar-refractivity contribution in [3.63, 3.8) is 0 Å². The fourth-order valence-corrected chi connectivity index (χ4v) is 6.72. The van der Waals surface area contributed by atoms with E-state index in [1.165, 1.54) is 12.2 Å². The van der Waals surface area contributed by atoms with E-state index in [1.807, 2.05) is 97.1 Å². The molecule has 9 nitrogen and oxygen atoms in total. The van der Waals surface area contributed by atoms with E-state index in [1.54, 1.807) is 20.1 Å². The van der Waals surface area contributed by atoms with E-state index in [9.17, 15) is 9.90 Å². The first kappa shape index (κ1) is 41.3. The number of carbonyl (C=O) groups excluding carboxylic acids is 1. The van der Waals surface area contributed by atoms with Gasteiger partial charge in [-0.15, -0.1) is 0 Å². The fraction of sp³-hybridized carbons (Fsp3) is 0.452. The van der Waals surface area contributed by atoms with E-state index < -0.39 is 57.2 Å². The second kappa shape index (κ2) is 20.1. The van der Waals surface area contributed by atoms with Gasteiger partial charge in [0, 0.05) is 13.2 Å². The lowest BCUT2D eigenvalue weighted by molar-refractivity contribution is -0.309. The lowest BCUT2D eigenvalue weighted by atomic mass is 9.96. The molecule has 1 fully saturated rings. The van der Waals surface area contributed by atoms with E-state index in [2.05, 4.69) is 33.9 Å². The Morgan fingerprint density at radius 1 is 0.788 bits per heavy atom. The van der Waals surface area contributed by atoms with Gasteiger partial charge >= 0.3 is 5.97 Å². The summed E-state index contributed by atoms with van der Waals surface area (Å²) >= 11 is 0. The van der Waals surface area contributed by atoms with Crippen LogP contribution >= 0.6 is 0 Å². The number of aliphatic hydroxyl groups excluding tert-OH is 1. The summed E-state index contributed by atoms with van der Waals surface area (Å²) in [5, 5.41) is 11.2. The summed E-state index contributed by atoms with van der Waals surface area (Å²) in [5.41, 5.74) is 2.98. The van der Waals surface area contributed by atoms with Crippen molar-refractivity contribution in [1.82, 2.24) is 0 Å². The molecule has 0 aromatic heterocycles. The summed E-state index contributed by atoms with van der Waals surface area (Å²) in [6.45, 7) is 13.5. The SMILES string of the molecule is CCOC(=O)/C=C/[C@H](O)[C@H](/C=C/[C@H]1O[C@H](OC)[C@H](OCc2ccccc2)[C@@H](OCc2ccccc2)[C@@H]1OCc1ccccc1)O[Si](C)(C)C(C)(C)C. The van der Waals surface area contributed by atoms with Gasteiger partial charge in [-0.1, -0.05) is 124 Å². The van der Waals surface area contributed by atoms with Crippen molar-refractivity contribution < 1.29 is 42.7 Å². The van der Waals surface area contributed by atoms with Crippen molar-refractivity contribution in [2.24, 2.45) is 0 Å². The molecule has 3 aromatic rings. The topological polar surface area (TPSA) is 102 Å². The summed E-state index contributed by atoms with van der Waals surface area (Å²) in [5.74, 6) is -0.538. The summed E-state index contributed by atoms with van der Waals surface area (Å²) in [6, 6.07) is 29.8. The molecule has 1 aliphatic rings. The van der Waals surface area contributed by atoms with Crippen LogP contribution in [0, 0.1) is 0 Å². The first-order chi connectivity index (χ1) is 24.9. The average Bonchev–Trinajstić information content (AvgIpc) is 3.14. The van der Waals surface area contributed by atoms with Gasteiger partial charge in [0.05, 0.1) is 32.5 Å². The highest BCUT2D eigenvalue weighted by Crippen LogP contribution is 2.38. The molecule has 7 atom stereocenters. The summed E-state index contributed by atoms with van der Waals surface area (Å²) < 4.78 is 44.3. The molecule has 10 heteroatoms. The molecule has 1 saturated heterocycles. The molecule has 1 heterocycles. The average molecular weight is 733 g/mol. The predicted molar refractivity (Wildman–Crippen MR) is 204 cm³/mol. The Bertz CT molecular complexity index is 1530. The maximum absolute atomic E-state index is 12.1. The number of hydrogen-bond donors (Lipinski definition) is 1. The molecule has 0 unspecified atom stereocenters. The molecular weight excluding hydrogens is 677 g/mol. The number of esters is 1. The molecule has 1 N–H and O–H groups in total. The van der Waals surface area contributed by atoms with Crippen LogP contribution in [-0.4, -0.2) is 76.0 Å². The Kier molecular flexibility index (Phi) is 16.0. The van der Waals surface area contributed by atoms with E-state index >= 15 is 0 Å². The summed E-state index contributed by atoms with van der Waals surface area (Å²) in [6.07, 6.45) is 0.858. The minimum Gasteiger partial charge on any atom is -0.463 e. The summed E-state index contributed by atoms with van der Waals surface area (Å²) in [7, 11) is -0.826. The third-order valence-electron chi connectivity index (χ3n) is 9.40. The van der Waals surface area contributed by atoms with E-state index in [4.69, 9.17) is 32.8 Å². The number of methoxy groups -OCH3 is 1. The molecule has 3 aromatic carbocycles. The predicted octanol–water partition coefficient (Wildman–Crippen LogP) is 7.54. The standard InChI is InChI=1S/C42H56O9Si/c1-8-46-37(44)27-24-34(43)35(51-52(6,7)42(2,3)4)25-26-36-38(47-28-31-18-12-9-13-19-31)39(48-29-32-20-14-10-15-21-32)40(41(45-5)50-36)49-30-33-22-16-11-17-23-33/h9-27,34-36,38-41,43H,8,28-30H2,1-7H3/b26-25+,27-24+/t34-,35-,36+,38+,39-,40+,41-/m0/s1. The van der Waals surface area contributed by atoms with Crippen LogP contribution in [0.25, 0.3) is 0 Å². The lowest BCUT2D eigenvalue weighted by Crippen LogP contribution is -2.60. The molecule has 1 aliphatic heterocycles. The van der Waals surface area contributed by atoms with Crippen molar-refractivity contribution in [2.75, 3.05) is 13.7 Å². The van der Waals surface area contributed by atoms with Crippen LogP contribution in [0.1, 0.15) is 44.4 Å². The van der Waals surface area contributed by atoms with Crippen LogP contribution in [0.5, 0.6) is 0 Å². The number of aliphatic hydroxyl groups is 1. The maximum Gasteiger partial charge on any atom is 0.330 e. The first-order valence-corrected chi connectivity index (χ1v) is 20.9. The highest BCUT2D eigenvalue weighted by atomic mass is 28.4. The number of carbonyl (C=O) groups is 1. The van der Waals surface area contributed by atoms with Gasteiger partial charge in [0.15, 0.2) is 14.6 Å². The van der Waals surface area contributed by atoms with Gasteiger partial charge < -0.3 is 38.0 Å². The fourth-order valence-electron chi connectivity index (χ4n) is 5.47. The number of rotatable bonds is 18. The van der Waals surface area contributed by atoms with Gasteiger partial charge in [-0.2, -0.15) is 0 Å². The third kappa shape index (κ3) is 12.3. The third-order valence-corrected chi connectivity index (χ3v) is 13.9. The second-order valence-corrected chi connectivity index (χ2v) is 19.1. The molecule has 0 saturated carbocycles. The van der Waals surface area contributed by atoms with Gasteiger partial charge in [-0.25, -0.2) is 4.79 Å². The van der Waals surface area contributed by atoms with Gasteiger partial charge in [0.1, 0.15) is 30.5 Å². The van der Waals surface area contributed by atoms with Crippen molar-refractivity contribution in [3.05, 3.63) is 132 Å². The van der Waals surface area contributed by atoms with Crippen LogP contribution in [-0.2, 0) is 57.5 Å². The Morgan fingerprint density at radius 2 is 1.27 bits per heavy atom. The molecule has 0 radical (unpaired) electrons. The lowest BCUT2D eigenvalue weighted by Gasteiger charge is -2.45. The van der Waals surface area contributed by atoms with Gasteiger partial charge in [-0.3, -0.25) is 0 Å². The van der Waals surface area contributed by atoms with Crippen molar-refractivity contribution >= 4 is 14.3 Å². The van der Waals surface area contributed by atoms with Crippen LogP contribution in [0.3, 0.4) is 0 Å². The zero-order chi connectivity index (χ0) is 37.6. The smallest absolute Gasteiger partial charge is 0.330 e. The van der Waals surface area contributed by atoms with E-state index in [0.29, 0.717) is 19.8 Å². The Hall–Kier alpha value is -3.45. The molecule has 52 heavy (non-hydrogen) atoms. The highest BCUT2D eigenvalue weighted by molar-refractivity contribution is 6.74. The highest BCUT2D eigenvalue weighted by Gasteiger charge is 2.48. The number of hydrogen-bond acceptors (Lipinski definition) is 9. The van der Waals surface area contributed by atoms with Gasteiger partial charge in [0.25, 0.3) is 0 Å². The van der Waals surface area contributed by atoms with Crippen LogP contribution in [0.2, 0.25) is 18.1 Å². The maximum atomic E-state index is 12.1. The monoisotopic (exact) mass is 732 g/mol. The Labute approximate surface area is 310 Å². The first-order valence-electron chi connectivity index (χ1n) is 18.0. The van der Waals surface area contributed by atoms with Gasteiger partial charge in [-0.05, 0) is 47.8 Å². The molecule has 282 valence electrons. The molecule has 0 amide bonds.